The van der Waals surface area contributed by atoms with Gasteiger partial charge in [-0.1, -0.05) is 0 Å². The van der Waals surface area contributed by atoms with Gasteiger partial charge < -0.3 is 15.4 Å². The molecule has 1 aromatic rings. The summed E-state index contributed by atoms with van der Waals surface area (Å²) in [7, 11) is 0. The van der Waals surface area contributed by atoms with E-state index in [2.05, 4.69) is 4.98 Å². The van der Waals surface area contributed by atoms with Crippen LogP contribution in [0.4, 0.5) is 11.5 Å². The maximum Gasteiger partial charge on any atom is 0.288 e. The van der Waals surface area contributed by atoms with Gasteiger partial charge in [0, 0.05) is 19.2 Å². The lowest BCUT2D eigenvalue weighted by Crippen LogP contribution is -2.57. The van der Waals surface area contributed by atoms with Gasteiger partial charge in [-0.2, -0.15) is 0 Å². The number of nitrogens with zero attached hydrogens (tertiary/aromatic N) is 3. The van der Waals surface area contributed by atoms with Crippen LogP contribution in [0.2, 0.25) is 0 Å². The number of nitrogens with two attached hydrogens (primary N) is 1. The van der Waals surface area contributed by atoms with Crippen molar-refractivity contribution in [2.75, 3.05) is 18.0 Å². The first-order valence-electron chi connectivity index (χ1n) is 6.90. The number of rotatable bonds is 3. The molecule has 2 rings (SSSR count). The first-order chi connectivity index (χ1) is 10.0. The van der Waals surface area contributed by atoms with E-state index >= 15 is 0 Å². The summed E-state index contributed by atoms with van der Waals surface area (Å²) in [5.74, 6) is -0.393. The molecule has 1 fully saturated rings. The van der Waals surface area contributed by atoms with E-state index in [0.717, 1.165) is 6.20 Å². The Labute approximate surface area is 128 Å². The fourth-order valence-corrected chi connectivity index (χ4v) is 2.92. The lowest BCUT2D eigenvalue weighted by Gasteiger charge is -2.47. The minimum absolute atomic E-state index is 0.0442. The minimum atomic E-state index is -0.742. The van der Waals surface area contributed by atoms with E-state index in [4.69, 9.17) is 10.5 Å². The van der Waals surface area contributed by atoms with Crippen LogP contribution in [0.25, 0.3) is 0 Å². The molecule has 8 nitrogen and oxygen atoms in total. The maximum absolute atomic E-state index is 11.7. The first kappa shape index (κ1) is 16.2. The van der Waals surface area contributed by atoms with Crippen molar-refractivity contribution >= 4 is 17.4 Å². The Bertz CT molecular complexity index is 611. The quantitative estimate of drug-likeness (QED) is 0.668. The summed E-state index contributed by atoms with van der Waals surface area (Å²) in [6, 6.07) is 1.17. The molecule has 22 heavy (non-hydrogen) atoms. The molecule has 120 valence electrons. The highest BCUT2D eigenvalue weighted by Gasteiger charge is 2.39. The van der Waals surface area contributed by atoms with E-state index in [1.807, 2.05) is 32.6 Å². The highest BCUT2D eigenvalue weighted by atomic mass is 16.6. The molecule has 1 saturated heterocycles. The Morgan fingerprint density at radius 1 is 1.36 bits per heavy atom. The number of morpholine rings is 1. The molecule has 0 aromatic carbocycles. The van der Waals surface area contributed by atoms with E-state index in [1.165, 1.54) is 6.07 Å². The Hall–Kier alpha value is -2.22. The average molecular weight is 308 g/mol. The van der Waals surface area contributed by atoms with Crippen LogP contribution in [0.1, 0.15) is 38.1 Å². The molecule has 0 unspecified atom stereocenters. The molecule has 2 N–H and O–H groups in total. The number of ether oxygens (including phenoxy) is 1. The summed E-state index contributed by atoms with van der Waals surface area (Å²) in [5.41, 5.74) is 4.26. The van der Waals surface area contributed by atoms with Gasteiger partial charge in [-0.15, -0.1) is 0 Å². The van der Waals surface area contributed by atoms with Crippen molar-refractivity contribution in [1.82, 2.24) is 4.98 Å². The molecule has 0 atom stereocenters. The Morgan fingerprint density at radius 2 is 1.91 bits per heavy atom. The Morgan fingerprint density at radius 3 is 2.36 bits per heavy atom. The van der Waals surface area contributed by atoms with Gasteiger partial charge in [0.15, 0.2) is 0 Å². The summed E-state index contributed by atoms with van der Waals surface area (Å²) < 4.78 is 5.98. The molecule has 1 aliphatic heterocycles. The molecule has 0 saturated carbocycles. The minimum Gasteiger partial charge on any atom is -0.366 e. The SMILES string of the molecule is CC1(C)CN(c2ncc([N+](=O)[O-])cc2C(N)=O)CC(C)(C)O1. The molecule has 1 aliphatic rings. The number of anilines is 1. The van der Waals surface area contributed by atoms with Gasteiger partial charge in [0.25, 0.3) is 11.6 Å². The molecule has 0 bridgehead atoms. The zero-order valence-corrected chi connectivity index (χ0v) is 13.1. The summed E-state index contributed by atoms with van der Waals surface area (Å²) in [5, 5.41) is 10.8. The Kier molecular flexibility index (Phi) is 3.82. The fourth-order valence-electron chi connectivity index (χ4n) is 2.92. The number of aromatic nitrogens is 1. The highest BCUT2D eigenvalue weighted by molar-refractivity contribution is 5.98. The lowest BCUT2D eigenvalue weighted by atomic mass is 9.98. The van der Waals surface area contributed by atoms with Gasteiger partial charge in [-0.25, -0.2) is 4.98 Å². The first-order valence-corrected chi connectivity index (χ1v) is 6.90. The van der Waals surface area contributed by atoms with Crippen LogP contribution in [0.3, 0.4) is 0 Å². The molecule has 1 aromatic heterocycles. The summed E-state index contributed by atoms with van der Waals surface area (Å²) in [6.07, 6.45) is 1.14. The van der Waals surface area contributed by atoms with Crippen LogP contribution < -0.4 is 10.6 Å². The molecule has 0 aliphatic carbocycles. The largest absolute Gasteiger partial charge is 0.366 e. The summed E-state index contributed by atoms with van der Waals surface area (Å²) in [6.45, 7) is 8.77. The third-order valence-corrected chi connectivity index (χ3v) is 3.32. The number of hydrogen-bond acceptors (Lipinski definition) is 6. The smallest absolute Gasteiger partial charge is 0.288 e. The van der Waals surface area contributed by atoms with E-state index < -0.39 is 22.0 Å². The van der Waals surface area contributed by atoms with Gasteiger partial charge in [0.05, 0.1) is 21.7 Å². The van der Waals surface area contributed by atoms with Crippen molar-refractivity contribution in [3.8, 4) is 0 Å². The number of pyridine rings is 1. The van der Waals surface area contributed by atoms with Crippen LogP contribution in [0, 0.1) is 10.1 Å². The van der Waals surface area contributed by atoms with Crippen molar-refractivity contribution in [3.63, 3.8) is 0 Å². The zero-order valence-electron chi connectivity index (χ0n) is 13.1. The van der Waals surface area contributed by atoms with Crippen molar-refractivity contribution in [2.24, 2.45) is 5.73 Å². The van der Waals surface area contributed by atoms with Crippen LogP contribution in [0.15, 0.2) is 12.3 Å². The lowest BCUT2D eigenvalue weighted by molar-refractivity contribution is -0.385. The second-order valence-corrected chi connectivity index (χ2v) is 6.66. The van der Waals surface area contributed by atoms with E-state index in [0.29, 0.717) is 18.9 Å². The van der Waals surface area contributed by atoms with E-state index in [9.17, 15) is 14.9 Å². The van der Waals surface area contributed by atoms with E-state index in [1.54, 1.807) is 0 Å². The summed E-state index contributed by atoms with van der Waals surface area (Å²) >= 11 is 0. The number of carbonyl (C=O) groups is 1. The second-order valence-electron chi connectivity index (χ2n) is 6.66. The zero-order chi connectivity index (χ0) is 16.7. The van der Waals surface area contributed by atoms with Crippen LogP contribution in [-0.4, -0.2) is 40.1 Å². The molecule has 1 amide bonds. The molecule has 0 radical (unpaired) electrons. The third kappa shape index (κ3) is 3.33. The van der Waals surface area contributed by atoms with Crippen molar-refractivity contribution in [2.45, 2.75) is 38.9 Å². The van der Waals surface area contributed by atoms with Gasteiger partial charge in [-0.05, 0) is 27.7 Å². The predicted octanol–water partition coefficient (Wildman–Crippen LogP) is 1.48. The molecular weight excluding hydrogens is 288 g/mol. The van der Waals surface area contributed by atoms with Gasteiger partial charge in [0.1, 0.15) is 12.0 Å². The number of primary amides is 1. The topological polar surface area (TPSA) is 112 Å². The van der Waals surface area contributed by atoms with Crippen LogP contribution in [-0.2, 0) is 4.74 Å². The molecular formula is C14H20N4O4. The normalized spacial score (nSPS) is 19.7. The number of amides is 1. The van der Waals surface area contributed by atoms with Crippen LogP contribution in [0.5, 0.6) is 0 Å². The standard InChI is InChI=1S/C14H20N4O4/c1-13(2)7-17(8-14(3,4)22-13)12-10(11(15)19)5-9(6-16-12)18(20)21/h5-6H,7-8H2,1-4H3,(H2,15,19). The fraction of sp³-hybridized carbons (Fsp3) is 0.571. The van der Waals surface area contributed by atoms with Gasteiger partial charge in [-0.3, -0.25) is 14.9 Å². The van der Waals surface area contributed by atoms with E-state index in [-0.39, 0.29) is 11.3 Å². The monoisotopic (exact) mass is 308 g/mol. The van der Waals surface area contributed by atoms with Gasteiger partial charge >= 0.3 is 0 Å². The van der Waals surface area contributed by atoms with Crippen molar-refractivity contribution < 1.29 is 14.5 Å². The van der Waals surface area contributed by atoms with Crippen molar-refractivity contribution in [3.05, 3.63) is 27.9 Å². The molecule has 8 heteroatoms. The molecule has 0 spiro atoms. The number of hydrogen-bond donors (Lipinski definition) is 1. The maximum atomic E-state index is 11.7. The highest BCUT2D eigenvalue weighted by Crippen LogP contribution is 2.32. The number of carbonyl (C=O) groups excluding carboxylic acids is 1. The van der Waals surface area contributed by atoms with Crippen molar-refractivity contribution in [1.29, 1.82) is 0 Å². The van der Waals surface area contributed by atoms with Crippen LogP contribution >= 0.6 is 0 Å². The Balaban J connectivity index is 2.47. The summed E-state index contributed by atoms with van der Waals surface area (Å²) in [4.78, 5) is 27.9. The molecule has 2 heterocycles. The predicted molar refractivity (Wildman–Crippen MR) is 80.9 cm³/mol. The average Bonchev–Trinajstić information content (AvgIpc) is 2.34. The second kappa shape index (κ2) is 5.20. The third-order valence-electron chi connectivity index (χ3n) is 3.32. The number of nitro groups is 1. The van der Waals surface area contributed by atoms with Gasteiger partial charge in [0.2, 0.25) is 0 Å².